The minimum absolute atomic E-state index is 0.178. The number of aromatic nitrogens is 2. The van der Waals surface area contributed by atoms with Crippen LogP contribution >= 0.6 is 0 Å². The van der Waals surface area contributed by atoms with Crippen molar-refractivity contribution in [3.63, 3.8) is 0 Å². The van der Waals surface area contributed by atoms with Gasteiger partial charge in [0, 0.05) is 17.1 Å². The Balaban J connectivity index is 2.31. The van der Waals surface area contributed by atoms with E-state index in [2.05, 4.69) is 9.97 Å². The highest BCUT2D eigenvalue weighted by atomic mass is 19.1. The Kier molecular flexibility index (Phi) is 3.33. The molecule has 22 heavy (non-hydrogen) atoms. The summed E-state index contributed by atoms with van der Waals surface area (Å²) in [6.07, 6.45) is 1.63. The van der Waals surface area contributed by atoms with Gasteiger partial charge in [-0.3, -0.25) is 9.97 Å². The maximum atomic E-state index is 13.8. The molecule has 0 aliphatic carbocycles. The van der Waals surface area contributed by atoms with Crippen molar-refractivity contribution in [2.45, 2.75) is 13.8 Å². The van der Waals surface area contributed by atoms with Crippen molar-refractivity contribution in [1.82, 2.24) is 9.97 Å². The fourth-order valence-corrected chi connectivity index (χ4v) is 2.64. The quantitative estimate of drug-likeness (QED) is 0.782. The van der Waals surface area contributed by atoms with E-state index in [1.54, 1.807) is 38.2 Å². The molecule has 0 amide bonds. The van der Waals surface area contributed by atoms with Gasteiger partial charge in [0.05, 0.1) is 22.5 Å². The van der Waals surface area contributed by atoms with E-state index < -0.39 is 5.97 Å². The molecule has 0 spiro atoms. The third-order valence-corrected chi connectivity index (χ3v) is 3.56. The van der Waals surface area contributed by atoms with E-state index in [0.717, 1.165) is 0 Å². The summed E-state index contributed by atoms with van der Waals surface area (Å²) in [5.74, 6) is -1.40. The van der Waals surface area contributed by atoms with Crippen molar-refractivity contribution in [2.75, 3.05) is 0 Å². The highest BCUT2D eigenvalue weighted by Gasteiger charge is 2.16. The van der Waals surface area contributed by atoms with Crippen molar-refractivity contribution < 1.29 is 14.3 Å². The van der Waals surface area contributed by atoms with Crippen molar-refractivity contribution in [1.29, 1.82) is 0 Å². The number of fused-ring (bicyclic) bond motifs is 1. The predicted octanol–water partition coefficient (Wildman–Crippen LogP) is 3.75. The molecule has 2 heterocycles. The second-order valence-corrected chi connectivity index (χ2v) is 5.12. The van der Waals surface area contributed by atoms with Gasteiger partial charge in [0.15, 0.2) is 0 Å². The largest absolute Gasteiger partial charge is 0.478 e. The predicted molar refractivity (Wildman–Crippen MR) is 81.4 cm³/mol. The van der Waals surface area contributed by atoms with E-state index in [1.165, 1.54) is 12.1 Å². The third-order valence-electron chi connectivity index (χ3n) is 3.56. The zero-order valence-corrected chi connectivity index (χ0v) is 12.1. The Morgan fingerprint density at radius 2 is 2.00 bits per heavy atom. The summed E-state index contributed by atoms with van der Waals surface area (Å²) < 4.78 is 13.8. The van der Waals surface area contributed by atoms with Gasteiger partial charge < -0.3 is 5.11 Å². The molecule has 0 aliphatic heterocycles. The first-order chi connectivity index (χ1) is 10.5. The van der Waals surface area contributed by atoms with Gasteiger partial charge in [0.2, 0.25) is 0 Å². The molecule has 0 atom stereocenters. The van der Waals surface area contributed by atoms with Gasteiger partial charge in [0.25, 0.3) is 0 Å². The molecule has 5 heteroatoms. The lowest BCUT2D eigenvalue weighted by Crippen LogP contribution is -2.06. The average molecular weight is 296 g/mol. The number of pyridine rings is 2. The normalized spacial score (nSPS) is 10.9. The lowest BCUT2D eigenvalue weighted by molar-refractivity contribution is 0.0695. The fourth-order valence-electron chi connectivity index (χ4n) is 2.64. The SMILES string of the molecule is Cc1cc(-c2cc(F)cc3cccnc23)nc(C)c1C(=O)O. The van der Waals surface area contributed by atoms with Crippen LogP contribution in [0.25, 0.3) is 22.2 Å². The Morgan fingerprint density at radius 1 is 1.23 bits per heavy atom. The summed E-state index contributed by atoms with van der Waals surface area (Å²) in [5, 5.41) is 9.89. The van der Waals surface area contributed by atoms with Gasteiger partial charge in [0.1, 0.15) is 5.82 Å². The number of carboxylic acids is 1. The van der Waals surface area contributed by atoms with Gasteiger partial charge >= 0.3 is 5.97 Å². The summed E-state index contributed by atoms with van der Waals surface area (Å²) in [7, 11) is 0. The van der Waals surface area contributed by atoms with Crippen LogP contribution in [-0.4, -0.2) is 21.0 Å². The molecule has 1 aromatic carbocycles. The van der Waals surface area contributed by atoms with Crippen LogP contribution in [0, 0.1) is 19.7 Å². The number of hydrogen-bond acceptors (Lipinski definition) is 3. The van der Waals surface area contributed by atoms with E-state index in [0.29, 0.717) is 33.4 Å². The highest BCUT2D eigenvalue weighted by Crippen LogP contribution is 2.29. The van der Waals surface area contributed by atoms with Gasteiger partial charge in [-0.05, 0) is 43.7 Å². The smallest absolute Gasteiger partial charge is 0.337 e. The number of halogens is 1. The average Bonchev–Trinajstić information content (AvgIpc) is 2.45. The van der Waals surface area contributed by atoms with E-state index >= 15 is 0 Å². The maximum absolute atomic E-state index is 13.8. The molecular formula is C17H13FN2O2. The monoisotopic (exact) mass is 296 g/mol. The van der Waals surface area contributed by atoms with Crippen molar-refractivity contribution in [3.8, 4) is 11.3 Å². The third kappa shape index (κ3) is 2.30. The molecular weight excluding hydrogens is 283 g/mol. The molecule has 3 rings (SSSR count). The summed E-state index contributed by atoms with van der Waals surface area (Å²) in [6, 6.07) is 7.96. The number of aryl methyl sites for hydroxylation is 2. The molecule has 1 N–H and O–H groups in total. The summed E-state index contributed by atoms with van der Waals surface area (Å²) >= 11 is 0. The topological polar surface area (TPSA) is 63.1 Å². The number of carbonyl (C=O) groups is 1. The fraction of sp³-hybridized carbons (Fsp3) is 0.118. The number of hydrogen-bond donors (Lipinski definition) is 1. The molecule has 0 bridgehead atoms. The molecule has 0 saturated carbocycles. The van der Waals surface area contributed by atoms with Crippen LogP contribution in [0.1, 0.15) is 21.6 Å². The van der Waals surface area contributed by atoms with Crippen molar-refractivity contribution >= 4 is 16.9 Å². The molecule has 0 saturated heterocycles. The summed E-state index contributed by atoms with van der Waals surface area (Å²) in [4.78, 5) is 19.9. The van der Waals surface area contributed by atoms with Crippen LogP contribution in [0.15, 0.2) is 36.5 Å². The van der Waals surface area contributed by atoms with Crippen LogP contribution in [-0.2, 0) is 0 Å². The zero-order valence-electron chi connectivity index (χ0n) is 12.1. The summed E-state index contributed by atoms with van der Waals surface area (Å²) in [5.41, 5.74) is 2.87. The van der Waals surface area contributed by atoms with Crippen LogP contribution in [0.4, 0.5) is 4.39 Å². The highest BCUT2D eigenvalue weighted by molar-refractivity contribution is 5.94. The number of benzene rings is 1. The van der Waals surface area contributed by atoms with E-state index in [-0.39, 0.29) is 11.4 Å². The maximum Gasteiger partial charge on any atom is 0.337 e. The second-order valence-electron chi connectivity index (χ2n) is 5.12. The molecule has 0 radical (unpaired) electrons. The van der Waals surface area contributed by atoms with Crippen LogP contribution < -0.4 is 0 Å². The summed E-state index contributed by atoms with van der Waals surface area (Å²) in [6.45, 7) is 3.34. The van der Waals surface area contributed by atoms with E-state index in [1.807, 2.05) is 0 Å². The Bertz CT molecular complexity index is 883. The lowest BCUT2D eigenvalue weighted by atomic mass is 10.0. The first-order valence-corrected chi connectivity index (χ1v) is 6.73. The Labute approximate surface area is 126 Å². The van der Waals surface area contributed by atoms with Crippen LogP contribution in [0.3, 0.4) is 0 Å². The lowest BCUT2D eigenvalue weighted by Gasteiger charge is -2.10. The first-order valence-electron chi connectivity index (χ1n) is 6.73. The number of aromatic carboxylic acids is 1. The van der Waals surface area contributed by atoms with Gasteiger partial charge in [-0.15, -0.1) is 0 Å². The molecule has 0 unspecified atom stereocenters. The Morgan fingerprint density at radius 3 is 2.68 bits per heavy atom. The zero-order chi connectivity index (χ0) is 15.9. The number of nitrogens with zero attached hydrogens (tertiary/aromatic N) is 2. The first kappa shape index (κ1) is 14.1. The second kappa shape index (κ2) is 5.18. The van der Waals surface area contributed by atoms with E-state index in [9.17, 15) is 14.3 Å². The molecule has 0 aliphatic rings. The van der Waals surface area contributed by atoms with Gasteiger partial charge in [-0.25, -0.2) is 9.18 Å². The molecule has 4 nitrogen and oxygen atoms in total. The Hall–Kier alpha value is -2.82. The van der Waals surface area contributed by atoms with Gasteiger partial charge in [-0.1, -0.05) is 6.07 Å². The molecule has 0 fully saturated rings. The standard InChI is InChI=1S/C17H13FN2O2/c1-9-6-14(20-10(2)15(9)17(21)22)13-8-12(18)7-11-4-3-5-19-16(11)13/h3-8H,1-2H3,(H,21,22). The van der Waals surface area contributed by atoms with Crippen LogP contribution in [0.2, 0.25) is 0 Å². The van der Waals surface area contributed by atoms with Crippen LogP contribution in [0.5, 0.6) is 0 Å². The number of rotatable bonds is 2. The van der Waals surface area contributed by atoms with Crippen molar-refractivity contribution in [3.05, 3.63) is 59.2 Å². The van der Waals surface area contributed by atoms with Crippen molar-refractivity contribution in [2.24, 2.45) is 0 Å². The minimum atomic E-state index is -1.02. The number of carboxylic acid groups (broad SMARTS) is 1. The van der Waals surface area contributed by atoms with E-state index in [4.69, 9.17) is 0 Å². The minimum Gasteiger partial charge on any atom is -0.478 e. The molecule has 2 aromatic heterocycles. The molecule has 110 valence electrons. The van der Waals surface area contributed by atoms with Gasteiger partial charge in [-0.2, -0.15) is 0 Å². The molecule has 3 aromatic rings.